The maximum absolute atomic E-state index is 4.94. The number of benzene rings is 4. The third kappa shape index (κ3) is 26.2. The van der Waals surface area contributed by atoms with Crippen molar-refractivity contribution >= 4 is 54.2 Å². The van der Waals surface area contributed by atoms with E-state index in [1.54, 1.807) is 193 Å². The fourth-order valence-electron chi connectivity index (χ4n) is 13.9. The second kappa shape index (κ2) is 42.3. The Bertz CT molecular complexity index is 1590. The normalized spacial score (nSPS) is 21.0. The van der Waals surface area contributed by atoms with Gasteiger partial charge in [0.15, 0.2) is 0 Å². The Morgan fingerprint density at radius 1 is 0.237 bits per heavy atom. The Hall–Kier alpha value is -0.493. The van der Waals surface area contributed by atoms with Crippen molar-refractivity contribution in [3.63, 3.8) is 0 Å². The van der Waals surface area contributed by atoms with Crippen molar-refractivity contribution < 1.29 is 42.5 Å². The summed E-state index contributed by atoms with van der Waals surface area (Å²) >= 11 is 0. The smallest absolute Gasteiger partial charge is 0.0680 e. The quantitative estimate of drug-likeness (QED) is 0.116. The number of hydrogen-bond donors (Lipinski definition) is 0. The van der Waals surface area contributed by atoms with Crippen molar-refractivity contribution in [2.24, 2.45) is 0 Å². The van der Waals surface area contributed by atoms with E-state index in [2.05, 4.69) is 97.1 Å². The molecule has 0 N–H and O–H groups in total. The minimum absolute atomic E-state index is 0. The van der Waals surface area contributed by atoms with Crippen LogP contribution >= 0.6 is 33.0 Å². The summed E-state index contributed by atoms with van der Waals surface area (Å²) in [5.41, 5.74) is 7.36. The standard InChI is InChI=1S/2C18H33P.2C12H10P.2C4H8O.2Ni/c2*1-4-10-16(11-5-1)19(17-12-6-2-7-13-17)18-14-8-3-9-15-18;2*1-3-7-11(8-4-1)13-12-9-5-2-6-10-12;2*1-2-4-5-3-1;;/h2*16-18H,1-15H2;2*1-10H;2*1-4H2;;/q;;2*-1;;;;/p+2. The van der Waals surface area contributed by atoms with E-state index in [-0.39, 0.29) is 48.8 Å². The first-order chi connectivity index (χ1) is 36.8. The Morgan fingerprint density at radius 2 is 0.408 bits per heavy atom. The van der Waals surface area contributed by atoms with Crippen molar-refractivity contribution in [1.29, 1.82) is 0 Å². The summed E-state index contributed by atoms with van der Waals surface area (Å²) in [5, 5.41) is 5.37. The zero-order chi connectivity index (χ0) is 50.8. The van der Waals surface area contributed by atoms with Gasteiger partial charge < -0.3 is 26.6 Å². The maximum atomic E-state index is 4.94. The van der Waals surface area contributed by atoms with Crippen molar-refractivity contribution in [2.45, 2.75) is 252 Å². The molecule has 12 rings (SSSR count). The van der Waals surface area contributed by atoms with Crippen LogP contribution in [0, 0.1) is 0 Å². The molecule has 4 aromatic carbocycles. The predicted octanol–water partition coefficient (Wildman–Crippen LogP) is 19.2. The van der Waals surface area contributed by atoms with Gasteiger partial charge in [-0.15, -0.1) is 0 Å². The first-order valence-corrected chi connectivity index (χ1v) is 36.6. The molecule has 2 saturated heterocycles. The van der Waals surface area contributed by atoms with Crippen LogP contribution in [0.2, 0.25) is 0 Å². The van der Waals surface area contributed by atoms with E-state index < -0.39 is 0 Å². The van der Waals surface area contributed by atoms with Crippen LogP contribution in [-0.4, -0.2) is 60.4 Å². The van der Waals surface area contributed by atoms with Gasteiger partial charge in [0.05, 0.1) is 34.0 Å². The molecule has 0 bridgehead atoms. The molecule has 6 saturated carbocycles. The van der Waals surface area contributed by atoms with Crippen LogP contribution in [0.25, 0.3) is 0 Å². The van der Waals surface area contributed by atoms with Gasteiger partial charge in [-0.25, -0.2) is 21.2 Å². The Balaban J connectivity index is 0.000000176. The van der Waals surface area contributed by atoms with Crippen LogP contribution in [0.5, 0.6) is 0 Å². The molecule has 2 heterocycles. The molecule has 0 radical (unpaired) electrons. The number of rotatable bonds is 10. The molecule has 6 aliphatic carbocycles. The van der Waals surface area contributed by atoms with E-state index in [9.17, 15) is 0 Å². The van der Waals surface area contributed by atoms with E-state index in [1.807, 2.05) is 24.3 Å². The van der Waals surface area contributed by atoms with E-state index in [0.29, 0.717) is 0 Å². The second-order valence-electron chi connectivity index (χ2n) is 23.2. The molecule has 0 atom stereocenters. The summed E-state index contributed by atoms with van der Waals surface area (Å²) in [6.07, 6.45) is 52.7. The molecule has 2 aliphatic heterocycles. The van der Waals surface area contributed by atoms with Crippen molar-refractivity contribution in [3.8, 4) is 0 Å². The van der Waals surface area contributed by atoms with Crippen LogP contribution in [0.1, 0.15) is 218 Å². The zero-order valence-corrected chi connectivity index (χ0v) is 53.0. The van der Waals surface area contributed by atoms with Gasteiger partial charge in [0.1, 0.15) is 0 Å². The zero-order valence-electron chi connectivity index (χ0n) is 47.2. The molecule has 8 fully saturated rings. The molecule has 0 spiro atoms. The second-order valence-corrected chi connectivity index (χ2v) is 32.6. The summed E-state index contributed by atoms with van der Waals surface area (Å²) in [7, 11) is 2.47. The van der Waals surface area contributed by atoms with E-state index in [0.717, 1.165) is 26.4 Å². The summed E-state index contributed by atoms with van der Waals surface area (Å²) < 4.78 is 9.89. The van der Waals surface area contributed by atoms with Crippen LogP contribution < -0.4 is 21.2 Å². The van der Waals surface area contributed by atoms with E-state index in [4.69, 9.17) is 9.47 Å². The third-order valence-electron chi connectivity index (χ3n) is 17.7. The Labute approximate surface area is 493 Å². The average molecular weight is 1190 g/mol. The summed E-state index contributed by atoms with van der Waals surface area (Å²) in [6, 6.07) is 42.0. The fraction of sp³-hybridized carbons (Fsp3) is 0.647. The summed E-state index contributed by atoms with van der Waals surface area (Å²) in [5.74, 6) is 0. The Kier molecular flexibility index (Phi) is 36.9. The topological polar surface area (TPSA) is 18.5 Å². The van der Waals surface area contributed by atoms with Gasteiger partial charge in [0, 0.05) is 75.3 Å². The van der Waals surface area contributed by atoms with Gasteiger partial charge in [-0.05, 0) is 180 Å². The average Bonchev–Trinajstić information content (AvgIpc) is 4.29. The van der Waals surface area contributed by atoms with Gasteiger partial charge in [-0.1, -0.05) is 160 Å². The molecule has 428 valence electrons. The van der Waals surface area contributed by atoms with Gasteiger partial charge in [0.25, 0.3) is 0 Å². The van der Waals surface area contributed by atoms with Crippen LogP contribution in [0.4, 0.5) is 0 Å². The molecule has 8 aliphatic rings. The van der Waals surface area contributed by atoms with Gasteiger partial charge >= 0.3 is 0 Å². The predicted molar refractivity (Wildman–Crippen MR) is 336 cm³/mol. The molecule has 76 heavy (non-hydrogen) atoms. The third-order valence-corrected chi connectivity index (χ3v) is 29.0. The minimum atomic E-state index is -0.0465. The molecular formula is C68H104Ni2O2P4. The Morgan fingerprint density at radius 3 is 0.553 bits per heavy atom. The maximum Gasteiger partial charge on any atom is 0.0680 e. The van der Waals surface area contributed by atoms with Gasteiger partial charge in [-0.2, -0.15) is 0 Å². The molecule has 4 aromatic rings. The molecule has 8 heteroatoms. The largest absolute Gasteiger partial charge is 0.472 e. The van der Waals surface area contributed by atoms with Crippen molar-refractivity contribution in [1.82, 2.24) is 0 Å². The summed E-state index contributed by atoms with van der Waals surface area (Å²) in [6.45, 7) is 4.00. The van der Waals surface area contributed by atoms with E-state index in [1.165, 1.54) is 98.0 Å². The molecular weight excluding hydrogens is 1090 g/mol. The molecule has 0 aromatic heterocycles. The van der Waals surface area contributed by atoms with Crippen LogP contribution in [0.15, 0.2) is 121 Å². The summed E-state index contributed by atoms with van der Waals surface area (Å²) in [4.78, 5) is 0. The minimum Gasteiger partial charge on any atom is -0.472 e. The SMILES string of the molecule is C1CCC([PH+](C2CCCCC2)C2CCCCC2)CC1.C1CCC([PH+](C2CCCCC2)C2CCCCC2)CC1.C1CCOC1.C1CCOC1.[Ni].[Ni].c1ccc([P-]c2ccccc2)cc1.c1ccc([P-]c2ccccc2)cc1. The van der Waals surface area contributed by atoms with Crippen molar-refractivity contribution in [3.05, 3.63) is 121 Å². The van der Waals surface area contributed by atoms with Gasteiger partial charge in [-0.3, -0.25) is 0 Å². The molecule has 0 amide bonds. The van der Waals surface area contributed by atoms with Crippen LogP contribution in [-0.2, 0) is 42.5 Å². The molecule has 2 nitrogen and oxygen atoms in total. The fourth-order valence-corrected chi connectivity index (χ4v) is 26.3. The van der Waals surface area contributed by atoms with Crippen molar-refractivity contribution in [2.75, 3.05) is 26.4 Å². The number of hydrogen-bond acceptors (Lipinski definition) is 2. The van der Waals surface area contributed by atoms with E-state index >= 15 is 0 Å². The van der Waals surface area contributed by atoms with Crippen LogP contribution in [0.3, 0.4) is 0 Å². The molecule has 0 unspecified atom stereocenters. The first-order valence-electron chi connectivity index (χ1n) is 31.3. The number of ether oxygens (including phenoxy) is 2. The monoisotopic (exact) mass is 1190 g/mol. The first kappa shape index (κ1) is 66.3. The van der Waals surface area contributed by atoms with Gasteiger partial charge in [0.2, 0.25) is 0 Å².